The third-order valence-electron chi connectivity index (χ3n) is 6.93. The average molecular weight is 531 g/mol. The summed E-state index contributed by atoms with van der Waals surface area (Å²) in [6.07, 6.45) is 5.48. The molecule has 0 atom stereocenters. The van der Waals surface area contributed by atoms with Crippen LogP contribution in [-0.2, 0) is 13.0 Å². The van der Waals surface area contributed by atoms with Gasteiger partial charge in [-0.2, -0.15) is 0 Å². The van der Waals surface area contributed by atoms with Crippen LogP contribution in [-0.4, -0.2) is 14.0 Å². The molecule has 0 saturated carbocycles. The molecule has 3 nitrogen and oxygen atoms in total. The molecule has 0 unspecified atom stereocenters. The number of halogens is 2. The molecular weight excluding hydrogens is 505 g/mol. The molecule has 6 rings (SSSR count). The van der Waals surface area contributed by atoms with Gasteiger partial charge in [-0.05, 0) is 73.7 Å². The highest BCUT2D eigenvalue weighted by atomic mass is 35.5. The molecule has 1 N–H and O–H groups in total. The zero-order chi connectivity index (χ0) is 24.8. The van der Waals surface area contributed by atoms with Crippen LogP contribution in [0.15, 0.2) is 79.0 Å². The monoisotopic (exact) mass is 529 g/mol. The number of hydrogen-bond acceptors (Lipinski definition) is 1. The lowest BCUT2D eigenvalue weighted by molar-refractivity contribution is 0.647. The van der Waals surface area contributed by atoms with E-state index in [9.17, 15) is 0 Å². The van der Waals surface area contributed by atoms with Gasteiger partial charge < -0.3 is 9.88 Å². The van der Waals surface area contributed by atoms with Crippen molar-refractivity contribution < 1.29 is 0 Å². The van der Waals surface area contributed by atoms with Crippen molar-refractivity contribution in [1.82, 2.24) is 8.97 Å². The number of imidazole rings is 1. The van der Waals surface area contributed by atoms with Crippen molar-refractivity contribution in [2.24, 2.45) is 0 Å². The fraction of sp³-hybridized carbons (Fsp3) is 0.167. The van der Waals surface area contributed by atoms with Crippen molar-refractivity contribution in [2.75, 3.05) is 5.32 Å². The van der Waals surface area contributed by atoms with Crippen molar-refractivity contribution in [1.29, 1.82) is 0 Å². The van der Waals surface area contributed by atoms with Crippen molar-refractivity contribution in [3.05, 3.63) is 106 Å². The van der Waals surface area contributed by atoms with Crippen LogP contribution in [0.4, 0.5) is 5.69 Å². The maximum absolute atomic E-state index is 6.26. The molecule has 180 valence electrons. The van der Waals surface area contributed by atoms with Gasteiger partial charge >= 0.3 is 0 Å². The number of hydrogen-bond donors (Lipinski definition) is 1. The largest absolute Gasteiger partial charge is 0.345 e. The van der Waals surface area contributed by atoms with E-state index in [0.717, 1.165) is 58.4 Å². The lowest BCUT2D eigenvalue weighted by Gasteiger charge is -2.12. The number of aromatic nitrogens is 2. The molecule has 0 fully saturated rings. The van der Waals surface area contributed by atoms with E-state index in [4.69, 9.17) is 35.4 Å². The van der Waals surface area contributed by atoms with Crippen LogP contribution in [0.25, 0.3) is 28.0 Å². The van der Waals surface area contributed by atoms with Crippen LogP contribution in [0.1, 0.15) is 29.7 Å². The highest BCUT2D eigenvalue weighted by molar-refractivity contribution is 7.81. The third kappa shape index (κ3) is 4.13. The Balaban J connectivity index is 1.60. The number of benzene rings is 3. The Kier molecular flexibility index (Phi) is 6.12. The first-order valence-corrected chi connectivity index (χ1v) is 13.3. The highest BCUT2D eigenvalue weighted by Crippen LogP contribution is 2.40. The van der Waals surface area contributed by atoms with Crippen molar-refractivity contribution in [3.8, 4) is 22.4 Å². The smallest absolute Gasteiger partial charge is 0.128 e. The molecule has 1 aliphatic rings. The Morgan fingerprint density at radius 3 is 2.14 bits per heavy atom. The summed E-state index contributed by atoms with van der Waals surface area (Å²) in [6.45, 7) is 3.05. The minimum Gasteiger partial charge on any atom is -0.345 e. The summed E-state index contributed by atoms with van der Waals surface area (Å²) in [4.78, 5) is 0.699. The van der Waals surface area contributed by atoms with Gasteiger partial charge in [-0.15, -0.1) is 0 Å². The molecule has 1 aliphatic heterocycles. The topological polar surface area (TPSA) is 21.4 Å². The zero-order valence-corrected chi connectivity index (χ0v) is 22.2. The molecule has 36 heavy (non-hydrogen) atoms. The summed E-state index contributed by atoms with van der Waals surface area (Å²) in [5, 5.41) is 4.97. The maximum Gasteiger partial charge on any atom is 0.128 e. The van der Waals surface area contributed by atoms with Gasteiger partial charge in [-0.25, -0.2) is 0 Å². The van der Waals surface area contributed by atoms with Crippen molar-refractivity contribution in [3.63, 3.8) is 0 Å². The number of aryl methyl sites for hydroxylation is 3. The van der Waals surface area contributed by atoms with E-state index in [1.165, 1.54) is 28.0 Å². The van der Waals surface area contributed by atoms with Gasteiger partial charge in [-0.3, -0.25) is 4.40 Å². The average Bonchev–Trinajstić information content (AvgIpc) is 3.29. The molecule has 0 bridgehead atoms. The van der Waals surface area contributed by atoms with Crippen LogP contribution in [0.3, 0.4) is 0 Å². The first-order valence-electron chi connectivity index (χ1n) is 12.2. The minimum atomic E-state index is 0.699. The summed E-state index contributed by atoms with van der Waals surface area (Å²) >= 11 is 18.6. The molecule has 2 aromatic heterocycles. The van der Waals surface area contributed by atoms with Gasteiger partial charge in [0.15, 0.2) is 0 Å². The van der Waals surface area contributed by atoms with Crippen LogP contribution < -0.4 is 5.32 Å². The lowest BCUT2D eigenvalue weighted by atomic mass is 9.98. The molecule has 0 amide bonds. The number of nitrogens with zero attached hydrogens (tertiary/aromatic N) is 2. The standard InChI is InChI=1S/C30H25Cl2N3S/c1-19-5-15-24(16-6-19)33-29(36)28-27(21-9-13-23(32)14-10-21)25-4-2-3-17-34-26(18-35(28)30(25)34)20-7-11-22(31)12-8-20/h5-16,18H,2-4,17H2,1H3,(H,33,36). The Morgan fingerprint density at radius 2 is 1.47 bits per heavy atom. The van der Waals surface area contributed by atoms with Gasteiger partial charge in [0.2, 0.25) is 0 Å². The molecule has 0 aliphatic carbocycles. The van der Waals surface area contributed by atoms with Gasteiger partial charge in [0.25, 0.3) is 0 Å². The third-order valence-corrected chi connectivity index (χ3v) is 7.73. The van der Waals surface area contributed by atoms with Crippen LogP contribution in [0.2, 0.25) is 10.0 Å². The number of nitrogens with one attached hydrogen (secondary N) is 1. The molecular formula is C30H25Cl2N3S. The molecule has 0 radical (unpaired) electrons. The molecule has 6 heteroatoms. The van der Waals surface area contributed by atoms with Gasteiger partial charge in [0, 0.05) is 39.6 Å². The van der Waals surface area contributed by atoms with Gasteiger partial charge in [-0.1, -0.05) is 77.4 Å². The summed E-state index contributed by atoms with van der Waals surface area (Å²) < 4.78 is 4.74. The van der Waals surface area contributed by atoms with E-state index >= 15 is 0 Å². The normalized spacial score (nSPS) is 13.1. The predicted molar refractivity (Wildman–Crippen MR) is 156 cm³/mol. The Hall–Kier alpha value is -3.05. The van der Waals surface area contributed by atoms with Gasteiger partial charge in [0.1, 0.15) is 10.6 Å². The lowest BCUT2D eigenvalue weighted by Crippen LogP contribution is -2.14. The van der Waals surface area contributed by atoms with E-state index < -0.39 is 0 Å². The Morgan fingerprint density at radius 1 is 0.833 bits per heavy atom. The second-order valence-electron chi connectivity index (χ2n) is 9.35. The number of thiocarbonyl (C=S) groups is 1. The van der Waals surface area contributed by atoms with Crippen molar-refractivity contribution >= 4 is 51.7 Å². The maximum atomic E-state index is 6.26. The molecule has 0 spiro atoms. The SMILES string of the molecule is Cc1ccc(NC(=S)c2c(-c3ccc(Cl)cc3)c3c4n(c(-c5ccc(Cl)cc5)cn24)CCCC3)cc1. The van der Waals surface area contributed by atoms with Crippen LogP contribution in [0, 0.1) is 6.92 Å². The quantitative estimate of drug-likeness (QED) is 0.235. The zero-order valence-electron chi connectivity index (χ0n) is 19.9. The van der Waals surface area contributed by atoms with E-state index in [0.29, 0.717) is 4.99 Å². The summed E-state index contributed by atoms with van der Waals surface area (Å²) in [6, 6.07) is 24.5. The fourth-order valence-corrected chi connectivity index (χ4v) is 5.78. The van der Waals surface area contributed by atoms with E-state index in [1.54, 1.807) is 0 Å². The summed E-state index contributed by atoms with van der Waals surface area (Å²) in [5.74, 6) is 0. The van der Waals surface area contributed by atoms with E-state index in [-0.39, 0.29) is 0 Å². The summed E-state index contributed by atoms with van der Waals surface area (Å²) in [7, 11) is 0. The van der Waals surface area contributed by atoms with E-state index in [1.807, 2.05) is 24.3 Å². The number of anilines is 1. The molecule has 5 aromatic rings. The second-order valence-corrected chi connectivity index (χ2v) is 10.6. The first-order chi connectivity index (χ1) is 17.5. The highest BCUT2D eigenvalue weighted by Gasteiger charge is 2.28. The van der Waals surface area contributed by atoms with Crippen LogP contribution in [0.5, 0.6) is 0 Å². The predicted octanol–water partition coefficient (Wildman–Crippen LogP) is 8.81. The molecule has 0 saturated heterocycles. The first kappa shape index (κ1) is 23.4. The number of rotatable bonds is 4. The molecule has 3 aromatic carbocycles. The molecule has 3 heterocycles. The Labute approximate surface area is 226 Å². The van der Waals surface area contributed by atoms with E-state index in [2.05, 4.69) is 75.9 Å². The Bertz CT molecular complexity index is 1580. The van der Waals surface area contributed by atoms with Crippen molar-refractivity contribution in [2.45, 2.75) is 32.7 Å². The van der Waals surface area contributed by atoms with Gasteiger partial charge in [0.05, 0.1) is 11.4 Å². The minimum absolute atomic E-state index is 0.699. The fourth-order valence-electron chi connectivity index (χ4n) is 5.21. The summed E-state index contributed by atoms with van der Waals surface area (Å²) in [5.41, 5.74) is 10.4. The van der Waals surface area contributed by atoms with Crippen LogP contribution >= 0.6 is 35.4 Å². The second kappa shape index (κ2) is 9.44.